The molecule has 2 N–H and O–H groups in total. The maximum absolute atomic E-state index is 12.5. The van der Waals surface area contributed by atoms with Crippen molar-refractivity contribution in [2.45, 2.75) is 31.3 Å². The van der Waals surface area contributed by atoms with Crippen LogP contribution in [0.25, 0.3) is 0 Å². The van der Waals surface area contributed by atoms with Gasteiger partial charge in [-0.3, -0.25) is 0 Å². The van der Waals surface area contributed by atoms with Crippen LogP contribution >= 0.6 is 28.3 Å². The van der Waals surface area contributed by atoms with E-state index in [-0.39, 0.29) is 28.9 Å². The summed E-state index contributed by atoms with van der Waals surface area (Å²) in [6.07, 6.45) is 2.16. The van der Waals surface area contributed by atoms with Gasteiger partial charge in [0.1, 0.15) is 0 Å². The molecule has 0 aromatic carbocycles. The zero-order valence-corrected chi connectivity index (χ0v) is 14.6. The van der Waals surface area contributed by atoms with Crippen LogP contribution in [0.4, 0.5) is 0 Å². The lowest BCUT2D eigenvalue weighted by Gasteiger charge is -2.41. The van der Waals surface area contributed by atoms with Crippen LogP contribution in [0.5, 0.6) is 0 Å². The topological polar surface area (TPSA) is 76.3 Å². The zero-order chi connectivity index (χ0) is 14.3. The summed E-state index contributed by atoms with van der Waals surface area (Å²) in [7, 11) is -3.53. The van der Waals surface area contributed by atoms with E-state index in [0.29, 0.717) is 19.5 Å². The van der Waals surface area contributed by atoms with Crippen molar-refractivity contribution in [2.24, 2.45) is 11.1 Å². The lowest BCUT2D eigenvalue weighted by atomic mass is 9.81. The van der Waals surface area contributed by atoms with Gasteiger partial charge in [-0.1, -0.05) is 13.8 Å². The second kappa shape index (κ2) is 6.27. The average Bonchev–Trinajstić information content (AvgIpc) is 2.33. The highest BCUT2D eigenvalue weighted by Gasteiger charge is 2.39. The van der Waals surface area contributed by atoms with Crippen molar-refractivity contribution in [1.29, 1.82) is 0 Å². The van der Waals surface area contributed by atoms with E-state index in [0.717, 1.165) is 4.47 Å². The second-order valence-electron chi connectivity index (χ2n) is 5.54. The van der Waals surface area contributed by atoms with Crippen LogP contribution in [0.1, 0.15) is 20.3 Å². The minimum Gasteiger partial charge on any atom is -0.327 e. The van der Waals surface area contributed by atoms with Crippen molar-refractivity contribution < 1.29 is 8.42 Å². The molecule has 1 fully saturated rings. The molecule has 0 amide bonds. The Labute approximate surface area is 134 Å². The van der Waals surface area contributed by atoms with Gasteiger partial charge in [0.15, 0.2) is 5.03 Å². The van der Waals surface area contributed by atoms with Crippen molar-refractivity contribution in [2.75, 3.05) is 13.1 Å². The highest BCUT2D eigenvalue weighted by molar-refractivity contribution is 9.10. The molecule has 1 aliphatic rings. The Hall–Kier alpha value is -0.210. The van der Waals surface area contributed by atoms with Gasteiger partial charge in [0.25, 0.3) is 10.0 Å². The summed E-state index contributed by atoms with van der Waals surface area (Å²) < 4.78 is 27.2. The van der Waals surface area contributed by atoms with Crippen molar-refractivity contribution in [1.82, 2.24) is 9.29 Å². The summed E-state index contributed by atoms with van der Waals surface area (Å²) in [5, 5.41) is 0.0852. The summed E-state index contributed by atoms with van der Waals surface area (Å²) in [6, 6.07) is 3.22. The van der Waals surface area contributed by atoms with E-state index < -0.39 is 10.0 Å². The molecular weight excluding hydrogens is 366 g/mol. The summed E-state index contributed by atoms with van der Waals surface area (Å²) in [5.74, 6) is 0. The minimum absolute atomic E-state index is 0. The molecule has 2 heterocycles. The molecule has 1 aromatic heterocycles. The number of nitrogens with two attached hydrogens (primary N) is 1. The third-order valence-electron chi connectivity index (χ3n) is 3.58. The maximum atomic E-state index is 12.5. The fourth-order valence-electron chi connectivity index (χ4n) is 2.18. The van der Waals surface area contributed by atoms with Gasteiger partial charge in [-0.15, -0.1) is 12.4 Å². The second-order valence-corrected chi connectivity index (χ2v) is 8.34. The highest BCUT2D eigenvalue weighted by Crippen LogP contribution is 2.30. The van der Waals surface area contributed by atoms with Crippen LogP contribution in [0, 0.1) is 5.41 Å². The number of hydrogen-bond acceptors (Lipinski definition) is 4. The molecule has 0 spiro atoms. The first-order valence-electron chi connectivity index (χ1n) is 6.11. The molecule has 2 rings (SSSR count). The van der Waals surface area contributed by atoms with E-state index in [1.54, 1.807) is 6.07 Å². The molecule has 5 nitrogen and oxygen atoms in total. The van der Waals surface area contributed by atoms with Gasteiger partial charge >= 0.3 is 0 Å². The Balaban J connectivity index is 0.00000200. The van der Waals surface area contributed by atoms with Crippen LogP contribution in [0.3, 0.4) is 0 Å². The molecule has 8 heteroatoms. The molecule has 1 aromatic rings. The fourth-order valence-corrected chi connectivity index (χ4v) is 3.95. The van der Waals surface area contributed by atoms with Crippen LogP contribution in [0.2, 0.25) is 0 Å². The van der Waals surface area contributed by atoms with E-state index in [4.69, 9.17) is 5.73 Å². The first kappa shape index (κ1) is 17.8. The van der Waals surface area contributed by atoms with E-state index in [9.17, 15) is 8.42 Å². The summed E-state index contributed by atoms with van der Waals surface area (Å²) >= 11 is 3.25. The Morgan fingerprint density at radius 2 is 2.10 bits per heavy atom. The van der Waals surface area contributed by atoms with Crippen LogP contribution in [0.15, 0.2) is 27.8 Å². The van der Waals surface area contributed by atoms with Gasteiger partial charge in [-0.2, -0.15) is 4.31 Å². The lowest BCUT2D eigenvalue weighted by Crippen LogP contribution is -2.53. The third kappa shape index (κ3) is 3.51. The van der Waals surface area contributed by atoms with Crippen molar-refractivity contribution >= 4 is 38.4 Å². The van der Waals surface area contributed by atoms with E-state index in [1.807, 2.05) is 13.8 Å². The zero-order valence-electron chi connectivity index (χ0n) is 11.4. The Bertz CT molecular complexity index is 563. The number of nitrogens with zero attached hydrogens (tertiary/aromatic N) is 2. The Kier molecular flexibility index (Phi) is 5.60. The van der Waals surface area contributed by atoms with Gasteiger partial charge in [0.2, 0.25) is 0 Å². The fraction of sp³-hybridized carbons (Fsp3) is 0.583. The smallest absolute Gasteiger partial charge is 0.260 e. The van der Waals surface area contributed by atoms with Gasteiger partial charge in [0, 0.05) is 29.8 Å². The molecule has 1 unspecified atom stereocenters. The van der Waals surface area contributed by atoms with Crippen molar-refractivity contribution in [3.8, 4) is 0 Å². The van der Waals surface area contributed by atoms with Gasteiger partial charge in [0.05, 0.1) is 0 Å². The predicted octanol–water partition coefficient (Wildman–Crippen LogP) is 2.01. The number of aromatic nitrogens is 1. The molecule has 114 valence electrons. The summed E-state index contributed by atoms with van der Waals surface area (Å²) in [6.45, 7) is 4.86. The van der Waals surface area contributed by atoms with E-state index in [1.165, 1.54) is 16.6 Å². The molecule has 1 atom stereocenters. The average molecular weight is 385 g/mol. The van der Waals surface area contributed by atoms with E-state index in [2.05, 4.69) is 20.9 Å². The monoisotopic (exact) mass is 383 g/mol. The molecule has 1 saturated heterocycles. The molecule has 20 heavy (non-hydrogen) atoms. The first-order valence-corrected chi connectivity index (χ1v) is 8.34. The van der Waals surface area contributed by atoms with E-state index >= 15 is 0 Å². The molecule has 1 aliphatic heterocycles. The standard InChI is InChI=1S/C12H18BrN3O2S.ClH/c1-12(2)8-16(6-5-10(12)14)19(17,18)11-4-3-9(13)7-15-11;/h3-4,7,10H,5-6,8,14H2,1-2H3;1H. The number of sulfonamides is 1. The number of halogens is 2. The third-order valence-corrected chi connectivity index (χ3v) is 5.81. The van der Waals surface area contributed by atoms with Gasteiger partial charge < -0.3 is 5.73 Å². The predicted molar refractivity (Wildman–Crippen MR) is 84.3 cm³/mol. The van der Waals surface area contributed by atoms with Crippen LogP contribution < -0.4 is 5.73 Å². The van der Waals surface area contributed by atoms with Gasteiger partial charge in [-0.05, 0) is 39.9 Å². The Morgan fingerprint density at radius 3 is 2.60 bits per heavy atom. The van der Waals surface area contributed by atoms with Crippen molar-refractivity contribution in [3.05, 3.63) is 22.8 Å². The Morgan fingerprint density at radius 1 is 1.45 bits per heavy atom. The highest BCUT2D eigenvalue weighted by atomic mass is 79.9. The minimum atomic E-state index is -3.53. The number of rotatable bonds is 2. The van der Waals surface area contributed by atoms with Gasteiger partial charge in [-0.25, -0.2) is 13.4 Å². The summed E-state index contributed by atoms with van der Waals surface area (Å²) in [4.78, 5) is 3.98. The molecule has 0 saturated carbocycles. The first-order chi connectivity index (χ1) is 8.73. The van der Waals surface area contributed by atoms with Crippen LogP contribution in [-0.2, 0) is 10.0 Å². The molecular formula is C12H19BrClN3O2S. The summed E-state index contributed by atoms with van der Waals surface area (Å²) in [5.41, 5.74) is 5.81. The normalized spacial score (nSPS) is 23.1. The SMILES string of the molecule is CC1(C)CN(S(=O)(=O)c2ccc(Br)cn2)CCC1N.Cl. The molecule has 0 radical (unpaired) electrons. The largest absolute Gasteiger partial charge is 0.327 e. The maximum Gasteiger partial charge on any atom is 0.260 e. The molecule has 0 bridgehead atoms. The number of pyridine rings is 1. The molecule has 0 aliphatic carbocycles. The lowest BCUT2D eigenvalue weighted by molar-refractivity contribution is 0.155. The number of hydrogen-bond donors (Lipinski definition) is 1. The van der Waals surface area contributed by atoms with Crippen LogP contribution in [-0.4, -0.2) is 36.8 Å². The van der Waals surface area contributed by atoms with Crippen molar-refractivity contribution in [3.63, 3.8) is 0 Å². The quantitative estimate of drug-likeness (QED) is 0.846. The number of piperidine rings is 1.